The molecule has 1 amide bonds. The van der Waals surface area contributed by atoms with E-state index < -0.39 is 23.5 Å². The van der Waals surface area contributed by atoms with Crippen molar-refractivity contribution in [3.63, 3.8) is 0 Å². The molecule has 7 nitrogen and oxygen atoms in total. The third-order valence-electron chi connectivity index (χ3n) is 4.64. The number of carbonyl (C=O) groups is 2. The summed E-state index contributed by atoms with van der Waals surface area (Å²) in [7, 11) is 0. The first-order valence-corrected chi connectivity index (χ1v) is 8.43. The van der Waals surface area contributed by atoms with Crippen molar-refractivity contribution < 1.29 is 24.2 Å². The van der Waals surface area contributed by atoms with Crippen molar-refractivity contribution in [3.05, 3.63) is 39.2 Å². The van der Waals surface area contributed by atoms with E-state index >= 15 is 0 Å². The fourth-order valence-corrected chi connectivity index (χ4v) is 2.93. The van der Waals surface area contributed by atoms with Gasteiger partial charge in [-0.25, -0.2) is 9.59 Å². The zero-order chi connectivity index (χ0) is 19.6. The van der Waals surface area contributed by atoms with Crippen LogP contribution in [0.5, 0.6) is 5.75 Å². The molecule has 26 heavy (non-hydrogen) atoms. The first-order valence-electron chi connectivity index (χ1n) is 8.43. The number of phenols is 1. The predicted molar refractivity (Wildman–Crippen MR) is 96.3 cm³/mol. The van der Waals surface area contributed by atoms with Gasteiger partial charge in [-0.1, -0.05) is 20.3 Å². The molecule has 0 fully saturated rings. The Hall–Kier alpha value is -2.83. The standard InChI is InChI=1S/C19H23NO6/c1-5-10(3)17(18(23)24)20-15(22)8-12-11(4)16-13(21)6-9(2)7-14(16)26-19(12)25/h6-7,10,17,21H,5,8H2,1-4H3,(H,20,22)(H,23,24)/t10-,17+/m1/s1. The lowest BCUT2D eigenvalue weighted by atomic mass is 9.98. The van der Waals surface area contributed by atoms with Gasteiger partial charge in [0.2, 0.25) is 5.91 Å². The van der Waals surface area contributed by atoms with Gasteiger partial charge in [0, 0.05) is 0 Å². The molecular formula is C19H23NO6. The Bertz CT molecular complexity index is 914. The maximum Gasteiger partial charge on any atom is 0.340 e. The number of carbonyl (C=O) groups excluding carboxylic acids is 1. The zero-order valence-electron chi connectivity index (χ0n) is 15.3. The number of aliphatic carboxylic acids is 1. The molecule has 0 unspecified atom stereocenters. The SMILES string of the molecule is CC[C@@H](C)[C@H](NC(=O)Cc1c(C)c2c(O)cc(C)cc2oc1=O)C(=O)O. The first-order chi connectivity index (χ1) is 12.1. The molecule has 140 valence electrons. The quantitative estimate of drug-likeness (QED) is 0.680. The Kier molecular flexibility index (Phi) is 5.69. The second-order valence-corrected chi connectivity index (χ2v) is 6.60. The van der Waals surface area contributed by atoms with Gasteiger partial charge in [-0.05, 0) is 43.0 Å². The number of rotatable bonds is 6. The van der Waals surface area contributed by atoms with E-state index in [1.807, 2.05) is 6.92 Å². The van der Waals surface area contributed by atoms with Gasteiger partial charge in [0.1, 0.15) is 17.4 Å². The molecule has 1 aromatic heterocycles. The van der Waals surface area contributed by atoms with E-state index in [9.17, 15) is 24.6 Å². The number of aryl methyl sites for hydroxylation is 2. The number of hydrogen-bond donors (Lipinski definition) is 3. The molecule has 2 rings (SSSR count). The first kappa shape index (κ1) is 19.5. The summed E-state index contributed by atoms with van der Waals surface area (Å²) in [5.41, 5.74) is 0.852. The van der Waals surface area contributed by atoms with Gasteiger partial charge in [-0.3, -0.25) is 4.79 Å². The molecule has 2 aromatic rings. The number of amides is 1. The van der Waals surface area contributed by atoms with E-state index in [2.05, 4.69) is 5.32 Å². The molecule has 0 aliphatic heterocycles. The monoisotopic (exact) mass is 361 g/mol. The molecule has 0 aliphatic carbocycles. The summed E-state index contributed by atoms with van der Waals surface area (Å²) in [6.45, 7) is 6.95. The maximum atomic E-state index is 12.3. The molecule has 0 saturated carbocycles. The summed E-state index contributed by atoms with van der Waals surface area (Å²) in [6.07, 6.45) is 0.263. The molecular weight excluding hydrogens is 338 g/mol. The summed E-state index contributed by atoms with van der Waals surface area (Å²) in [5, 5.41) is 22.3. The molecule has 0 saturated heterocycles. The maximum absolute atomic E-state index is 12.3. The van der Waals surface area contributed by atoms with Crippen LogP contribution in [0.3, 0.4) is 0 Å². The smallest absolute Gasteiger partial charge is 0.340 e. The van der Waals surface area contributed by atoms with E-state index in [0.717, 1.165) is 5.56 Å². The van der Waals surface area contributed by atoms with Crippen LogP contribution in [0.2, 0.25) is 0 Å². The van der Waals surface area contributed by atoms with Crippen molar-refractivity contribution in [1.82, 2.24) is 5.32 Å². The number of carboxylic acid groups (broad SMARTS) is 1. The Morgan fingerprint density at radius 2 is 1.92 bits per heavy atom. The van der Waals surface area contributed by atoms with E-state index in [0.29, 0.717) is 17.4 Å². The normalized spacial score (nSPS) is 13.4. The lowest BCUT2D eigenvalue weighted by Gasteiger charge is -2.20. The van der Waals surface area contributed by atoms with Gasteiger partial charge in [0.05, 0.1) is 17.4 Å². The van der Waals surface area contributed by atoms with Crippen LogP contribution in [0.1, 0.15) is 37.0 Å². The summed E-state index contributed by atoms with van der Waals surface area (Å²) in [6, 6.07) is 2.15. The second kappa shape index (κ2) is 7.59. The minimum atomic E-state index is -1.12. The number of hydrogen-bond acceptors (Lipinski definition) is 5. The number of fused-ring (bicyclic) bond motifs is 1. The number of benzene rings is 1. The molecule has 1 aromatic carbocycles. The van der Waals surface area contributed by atoms with Gasteiger partial charge < -0.3 is 19.9 Å². The van der Waals surface area contributed by atoms with Crippen molar-refractivity contribution >= 4 is 22.8 Å². The van der Waals surface area contributed by atoms with Crippen LogP contribution in [-0.4, -0.2) is 28.1 Å². The number of nitrogens with one attached hydrogen (secondary N) is 1. The Labute approximate surface area is 150 Å². The van der Waals surface area contributed by atoms with Crippen molar-refractivity contribution in [2.75, 3.05) is 0 Å². The van der Waals surface area contributed by atoms with Crippen LogP contribution < -0.4 is 10.9 Å². The summed E-state index contributed by atoms with van der Waals surface area (Å²) < 4.78 is 5.25. The van der Waals surface area contributed by atoms with E-state index in [-0.39, 0.29) is 29.2 Å². The van der Waals surface area contributed by atoms with Crippen LogP contribution in [0, 0.1) is 19.8 Å². The van der Waals surface area contributed by atoms with Crippen molar-refractivity contribution in [2.45, 2.75) is 46.6 Å². The number of phenolic OH excluding ortho intramolecular Hbond substituents is 1. The van der Waals surface area contributed by atoms with Gasteiger partial charge in [0.25, 0.3) is 0 Å². The van der Waals surface area contributed by atoms with Crippen LogP contribution in [0.4, 0.5) is 0 Å². The lowest BCUT2D eigenvalue weighted by molar-refractivity contribution is -0.143. The van der Waals surface area contributed by atoms with E-state index in [4.69, 9.17) is 4.42 Å². The highest BCUT2D eigenvalue weighted by Crippen LogP contribution is 2.29. The minimum Gasteiger partial charge on any atom is -0.507 e. The van der Waals surface area contributed by atoms with Crippen molar-refractivity contribution in [2.24, 2.45) is 5.92 Å². The molecule has 0 aliphatic rings. The van der Waals surface area contributed by atoms with Gasteiger partial charge in [0.15, 0.2) is 0 Å². The van der Waals surface area contributed by atoms with Crippen molar-refractivity contribution in [3.8, 4) is 5.75 Å². The Morgan fingerprint density at radius 3 is 2.50 bits per heavy atom. The molecule has 0 radical (unpaired) electrons. The third-order valence-corrected chi connectivity index (χ3v) is 4.64. The highest BCUT2D eigenvalue weighted by atomic mass is 16.4. The molecule has 3 N–H and O–H groups in total. The molecule has 7 heteroatoms. The predicted octanol–water partition coefficient (Wildman–Crippen LogP) is 2.27. The average Bonchev–Trinajstić information content (AvgIpc) is 2.54. The summed E-state index contributed by atoms with van der Waals surface area (Å²) in [5.74, 6) is -1.99. The van der Waals surface area contributed by atoms with E-state index in [1.54, 1.807) is 32.9 Å². The average molecular weight is 361 g/mol. The van der Waals surface area contributed by atoms with Crippen LogP contribution in [0.25, 0.3) is 11.0 Å². The zero-order valence-corrected chi connectivity index (χ0v) is 15.3. The summed E-state index contributed by atoms with van der Waals surface area (Å²) in [4.78, 5) is 35.9. The highest BCUT2D eigenvalue weighted by Gasteiger charge is 2.26. The van der Waals surface area contributed by atoms with Crippen LogP contribution >= 0.6 is 0 Å². The highest BCUT2D eigenvalue weighted by molar-refractivity contribution is 5.90. The Morgan fingerprint density at radius 1 is 1.27 bits per heavy atom. The largest absolute Gasteiger partial charge is 0.507 e. The van der Waals surface area contributed by atoms with Crippen molar-refractivity contribution in [1.29, 1.82) is 0 Å². The molecule has 0 spiro atoms. The molecule has 1 heterocycles. The third kappa shape index (κ3) is 3.87. The fourth-order valence-electron chi connectivity index (χ4n) is 2.93. The lowest BCUT2D eigenvalue weighted by Crippen LogP contribution is -2.45. The molecule has 0 bridgehead atoms. The number of carboxylic acids is 1. The van der Waals surface area contributed by atoms with Crippen LogP contribution in [0.15, 0.2) is 21.3 Å². The summed E-state index contributed by atoms with van der Waals surface area (Å²) >= 11 is 0. The van der Waals surface area contributed by atoms with Gasteiger partial charge in [-0.2, -0.15) is 0 Å². The number of aromatic hydroxyl groups is 1. The molecule has 2 atom stereocenters. The fraction of sp³-hybridized carbons (Fsp3) is 0.421. The van der Waals surface area contributed by atoms with Crippen LogP contribution in [-0.2, 0) is 16.0 Å². The van der Waals surface area contributed by atoms with Gasteiger partial charge in [-0.15, -0.1) is 0 Å². The second-order valence-electron chi connectivity index (χ2n) is 6.60. The van der Waals surface area contributed by atoms with E-state index in [1.165, 1.54) is 0 Å². The Balaban J connectivity index is 2.37. The van der Waals surface area contributed by atoms with Gasteiger partial charge >= 0.3 is 11.6 Å². The minimum absolute atomic E-state index is 0.0362. The topological polar surface area (TPSA) is 117 Å².